The Hall–Kier alpha value is -3.34. The van der Waals surface area contributed by atoms with Crippen LogP contribution in [0.25, 0.3) is 10.8 Å². The van der Waals surface area contributed by atoms with Crippen molar-refractivity contribution in [3.8, 4) is 5.75 Å². The van der Waals surface area contributed by atoms with Gasteiger partial charge in [-0.15, -0.1) is 0 Å². The number of rotatable bonds is 6. The standard InChI is InChI=1S/C23H22N2O3/c1-2-24-21(26)14-28-18-11-8-17(9-12-18)23(27)25-20-13-10-16-7-6-15-4-3-5-19(20)22(15)16/h3-5,8-13H,2,6-7,14H2,1H3,(H,24,26)(H,25,27). The van der Waals surface area contributed by atoms with Crippen LogP contribution in [0.15, 0.2) is 54.6 Å². The number of nitrogens with one attached hydrogen (secondary N) is 2. The van der Waals surface area contributed by atoms with E-state index in [-0.39, 0.29) is 18.4 Å². The first-order chi connectivity index (χ1) is 13.7. The summed E-state index contributed by atoms with van der Waals surface area (Å²) in [4.78, 5) is 24.1. The molecule has 0 aliphatic heterocycles. The Morgan fingerprint density at radius 2 is 1.71 bits per heavy atom. The number of likely N-dealkylation sites (N-methyl/N-ethyl adjacent to an activating group) is 1. The highest BCUT2D eigenvalue weighted by Crippen LogP contribution is 2.35. The molecule has 0 heterocycles. The van der Waals surface area contributed by atoms with Gasteiger partial charge in [-0.25, -0.2) is 0 Å². The molecule has 28 heavy (non-hydrogen) atoms. The van der Waals surface area contributed by atoms with Gasteiger partial charge in [0.2, 0.25) is 0 Å². The van der Waals surface area contributed by atoms with E-state index in [2.05, 4.69) is 28.8 Å². The summed E-state index contributed by atoms with van der Waals surface area (Å²) in [5.41, 5.74) is 4.05. The average molecular weight is 374 g/mol. The first-order valence-electron chi connectivity index (χ1n) is 9.50. The summed E-state index contributed by atoms with van der Waals surface area (Å²) in [6.45, 7) is 2.38. The summed E-state index contributed by atoms with van der Waals surface area (Å²) in [6, 6.07) is 17.1. The van der Waals surface area contributed by atoms with Crippen LogP contribution in [0.1, 0.15) is 28.4 Å². The third-order valence-electron chi connectivity index (χ3n) is 4.99. The summed E-state index contributed by atoms with van der Waals surface area (Å²) in [6.07, 6.45) is 2.11. The van der Waals surface area contributed by atoms with Crippen molar-refractivity contribution >= 4 is 28.3 Å². The number of carbonyl (C=O) groups is 2. The van der Waals surface area contributed by atoms with E-state index in [1.54, 1.807) is 24.3 Å². The van der Waals surface area contributed by atoms with Crippen LogP contribution in [0.3, 0.4) is 0 Å². The van der Waals surface area contributed by atoms with Crippen molar-refractivity contribution < 1.29 is 14.3 Å². The van der Waals surface area contributed by atoms with Gasteiger partial charge in [-0.1, -0.05) is 24.3 Å². The quantitative estimate of drug-likeness (QED) is 0.691. The number of anilines is 1. The van der Waals surface area contributed by atoms with Crippen molar-refractivity contribution in [2.45, 2.75) is 19.8 Å². The van der Waals surface area contributed by atoms with Gasteiger partial charge in [0.1, 0.15) is 5.75 Å². The van der Waals surface area contributed by atoms with Gasteiger partial charge in [0, 0.05) is 23.2 Å². The molecule has 5 nitrogen and oxygen atoms in total. The zero-order chi connectivity index (χ0) is 19.5. The zero-order valence-electron chi connectivity index (χ0n) is 15.7. The molecule has 0 aromatic heterocycles. The van der Waals surface area contributed by atoms with Crippen LogP contribution in [-0.2, 0) is 17.6 Å². The Morgan fingerprint density at radius 1 is 0.964 bits per heavy atom. The minimum atomic E-state index is -0.172. The number of aryl methyl sites for hydroxylation is 2. The smallest absolute Gasteiger partial charge is 0.257 e. The zero-order valence-corrected chi connectivity index (χ0v) is 15.7. The second kappa shape index (κ2) is 7.72. The predicted octanol–water partition coefficient (Wildman–Crippen LogP) is 3.71. The highest BCUT2D eigenvalue weighted by atomic mass is 16.5. The molecular weight excluding hydrogens is 352 g/mol. The van der Waals surface area contributed by atoms with E-state index in [9.17, 15) is 9.59 Å². The highest BCUT2D eigenvalue weighted by Gasteiger charge is 2.17. The maximum absolute atomic E-state index is 12.7. The first kappa shape index (κ1) is 18.0. The Morgan fingerprint density at radius 3 is 2.46 bits per heavy atom. The molecule has 2 amide bonds. The number of carbonyl (C=O) groups excluding carboxylic acids is 2. The van der Waals surface area contributed by atoms with Gasteiger partial charge in [0.25, 0.3) is 11.8 Å². The lowest BCUT2D eigenvalue weighted by Gasteiger charge is -2.11. The van der Waals surface area contributed by atoms with E-state index in [1.165, 1.54) is 16.5 Å². The lowest BCUT2D eigenvalue weighted by atomic mass is 10.0. The Labute approximate surface area is 163 Å². The second-order valence-electron chi connectivity index (χ2n) is 6.83. The van der Waals surface area contributed by atoms with Gasteiger partial charge in [-0.05, 0) is 66.6 Å². The van der Waals surface area contributed by atoms with Crippen LogP contribution in [0, 0.1) is 0 Å². The highest BCUT2D eigenvalue weighted by molar-refractivity contribution is 6.10. The Balaban J connectivity index is 1.47. The minimum absolute atomic E-state index is 0.0416. The minimum Gasteiger partial charge on any atom is -0.484 e. The molecule has 0 radical (unpaired) electrons. The topological polar surface area (TPSA) is 67.4 Å². The maximum atomic E-state index is 12.7. The van der Waals surface area contributed by atoms with Gasteiger partial charge in [-0.2, -0.15) is 0 Å². The fourth-order valence-electron chi connectivity index (χ4n) is 3.65. The molecule has 0 unspecified atom stereocenters. The number of hydrogen-bond donors (Lipinski definition) is 2. The summed E-state index contributed by atoms with van der Waals surface area (Å²) in [7, 11) is 0. The SMILES string of the molecule is CCNC(=O)COc1ccc(C(=O)Nc2ccc3c4c(cccc24)CC3)cc1. The largest absolute Gasteiger partial charge is 0.484 e. The van der Waals surface area contributed by atoms with Crippen molar-refractivity contribution in [3.05, 3.63) is 71.3 Å². The fraction of sp³-hybridized carbons (Fsp3) is 0.217. The molecule has 1 aliphatic carbocycles. The Kier molecular flexibility index (Phi) is 4.98. The number of ether oxygens (including phenoxy) is 1. The molecule has 4 rings (SSSR count). The molecule has 0 spiro atoms. The molecule has 0 atom stereocenters. The van der Waals surface area contributed by atoms with Crippen LogP contribution in [0.5, 0.6) is 5.75 Å². The van der Waals surface area contributed by atoms with Gasteiger partial charge >= 0.3 is 0 Å². The lowest BCUT2D eigenvalue weighted by Crippen LogP contribution is -2.28. The van der Waals surface area contributed by atoms with E-state index < -0.39 is 0 Å². The van der Waals surface area contributed by atoms with Crippen molar-refractivity contribution in [1.29, 1.82) is 0 Å². The summed E-state index contributed by atoms with van der Waals surface area (Å²) < 4.78 is 5.42. The van der Waals surface area contributed by atoms with Gasteiger partial charge in [-0.3, -0.25) is 9.59 Å². The molecule has 1 aliphatic rings. The predicted molar refractivity (Wildman–Crippen MR) is 110 cm³/mol. The number of amides is 2. The summed E-state index contributed by atoms with van der Waals surface area (Å²) >= 11 is 0. The summed E-state index contributed by atoms with van der Waals surface area (Å²) in [5, 5.41) is 8.06. The van der Waals surface area contributed by atoms with E-state index in [1.807, 2.05) is 19.1 Å². The van der Waals surface area contributed by atoms with Crippen LogP contribution in [0.4, 0.5) is 5.69 Å². The van der Waals surface area contributed by atoms with E-state index in [0.29, 0.717) is 17.9 Å². The van der Waals surface area contributed by atoms with Crippen molar-refractivity contribution in [2.24, 2.45) is 0 Å². The average Bonchev–Trinajstić information content (AvgIpc) is 3.14. The normalized spacial score (nSPS) is 12.0. The monoisotopic (exact) mass is 374 g/mol. The molecule has 3 aromatic carbocycles. The van der Waals surface area contributed by atoms with Crippen molar-refractivity contribution in [1.82, 2.24) is 5.32 Å². The van der Waals surface area contributed by atoms with Gasteiger partial charge < -0.3 is 15.4 Å². The third-order valence-corrected chi connectivity index (χ3v) is 4.99. The molecule has 5 heteroatoms. The number of hydrogen-bond acceptors (Lipinski definition) is 3. The second-order valence-corrected chi connectivity index (χ2v) is 6.83. The first-order valence-corrected chi connectivity index (χ1v) is 9.50. The molecule has 3 aromatic rings. The molecular formula is C23H22N2O3. The van der Waals surface area contributed by atoms with Crippen LogP contribution in [-0.4, -0.2) is 25.0 Å². The fourth-order valence-corrected chi connectivity index (χ4v) is 3.65. The maximum Gasteiger partial charge on any atom is 0.257 e. The van der Waals surface area contributed by atoms with Crippen LogP contribution in [0.2, 0.25) is 0 Å². The van der Waals surface area contributed by atoms with E-state index in [4.69, 9.17) is 4.74 Å². The number of benzene rings is 3. The molecule has 0 saturated heterocycles. The third kappa shape index (κ3) is 3.56. The molecule has 2 N–H and O–H groups in total. The van der Waals surface area contributed by atoms with E-state index >= 15 is 0 Å². The molecule has 0 fully saturated rings. The Bertz CT molecular complexity index is 1030. The van der Waals surface area contributed by atoms with Crippen LogP contribution < -0.4 is 15.4 Å². The molecule has 142 valence electrons. The van der Waals surface area contributed by atoms with Crippen molar-refractivity contribution in [3.63, 3.8) is 0 Å². The van der Waals surface area contributed by atoms with Crippen molar-refractivity contribution in [2.75, 3.05) is 18.5 Å². The molecule has 0 bridgehead atoms. The molecule has 0 saturated carbocycles. The van der Waals surface area contributed by atoms with Gasteiger partial charge in [0.15, 0.2) is 6.61 Å². The summed E-state index contributed by atoms with van der Waals surface area (Å²) in [5.74, 6) is 0.207. The van der Waals surface area contributed by atoms with E-state index in [0.717, 1.165) is 23.9 Å². The van der Waals surface area contributed by atoms with Crippen LogP contribution >= 0.6 is 0 Å². The lowest BCUT2D eigenvalue weighted by molar-refractivity contribution is -0.122. The van der Waals surface area contributed by atoms with Gasteiger partial charge in [0.05, 0.1) is 0 Å².